The Morgan fingerprint density at radius 1 is 1.28 bits per heavy atom. The third kappa shape index (κ3) is 2.84. The molecule has 0 atom stereocenters. The number of pyridine rings is 1. The minimum absolute atomic E-state index is 0.266. The number of rotatable bonds is 2. The standard InChI is InChI=1S/C13H8ClN3O/c14-12-7-10(5-6-16-12)13(18)17-11-3-1-9(8-15)2-4-11/h1-7H,(H,17,18). The zero-order valence-corrected chi connectivity index (χ0v) is 9.98. The minimum atomic E-state index is -0.274. The molecule has 0 radical (unpaired) electrons. The van der Waals surface area contributed by atoms with Crippen LogP contribution in [0.5, 0.6) is 0 Å². The summed E-state index contributed by atoms with van der Waals surface area (Å²) in [4.78, 5) is 15.7. The third-order valence-electron chi connectivity index (χ3n) is 2.26. The molecule has 0 unspecified atom stereocenters. The highest BCUT2D eigenvalue weighted by Gasteiger charge is 2.06. The Morgan fingerprint density at radius 2 is 2.00 bits per heavy atom. The first-order valence-corrected chi connectivity index (χ1v) is 5.50. The molecule has 2 aromatic rings. The number of benzene rings is 1. The second kappa shape index (κ2) is 5.30. The quantitative estimate of drug-likeness (QED) is 0.842. The lowest BCUT2D eigenvalue weighted by molar-refractivity contribution is 0.102. The summed E-state index contributed by atoms with van der Waals surface area (Å²) in [6.45, 7) is 0. The first-order valence-electron chi connectivity index (χ1n) is 5.12. The van der Waals surface area contributed by atoms with Gasteiger partial charge in [0.15, 0.2) is 0 Å². The maximum Gasteiger partial charge on any atom is 0.255 e. The largest absolute Gasteiger partial charge is 0.322 e. The summed E-state index contributed by atoms with van der Waals surface area (Å²) in [7, 11) is 0. The maximum absolute atomic E-state index is 11.9. The third-order valence-corrected chi connectivity index (χ3v) is 2.47. The monoisotopic (exact) mass is 257 g/mol. The Bertz CT molecular complexity index is 617. The first kappa shape index (κ1) is 12.1. The predicted molar refractivity (Wildman–Crippen MR) is 68.4 cm³/mol. The van der Waals surface area contributed by atoms with E-state index in [0.717, 1.165) is 0 Å². The van der Waals surface area contributed by atoms with E-state index in [4.69, 9.17) is 16.9 Å². The summed E-state index contributed by atoms with van der Waals surface area (Å²) in [6, 6.07) is 11.7. The maximum atomic E-state index is 11.9. The molecule has 0 saturated heterocycles. The zero-order valence-electron chi connectivity index (χ0n) is 9.22. The number of carbonyl (C=O) groups is 1. The molecule has 5 heteroatoms. The average molecular weight is 258 g/mol. The molecule has 0 aliphatic carbocycles. The van der Waals surface area contributed by atoms with Crippen LogP contribution in [0.2, 0.25) is 5.15 Å². The van der Waals surface area contributed by atoms with Crippen molar-refractivity contribution in [1.82, 2.24) is 4.98 Å². The number of carbonyl (C=O) groups excluding carboxylic acids is 1. The van der Waals surface area contributed by atoms with Gasteiger partial charge in [0, 0.05) is 17.4 Å². The molecule has 1 aromatic heterocycles. The highest BCUT2D eigenvalue weighted by Crippen LogP contribution is 2.12. The van der Waals surface area contributed by atoms with Crippen molar-refractivity contribution in [3.63, 3.8) is 0 Å². The number of hydrogen-bond donors (Lipinski definition) is 1. The Balaban J connectivity index is 2.14. The second-order valence-corrected chi connectivity index (χ2v) is 3.90. The van der Waals surface area contributed by atoms with Gasteiger partial charge in [0.1, 0.15) is 5.15 Å². The highest BCUT2D eigenvalue weighted by molar-refractivity contribution is 6.29. The molecule has 0 aliphatic rings. The molecule has 4 nitrogen and oxygen atoms in total. The number of aromatic nitrogens is 1. The number of hydrogen-bond acceptors (Lipinski definition) is 3. The van der Waals surface area contributed by atoms with Gasteiger partial charge < -0.3 is 5.32 Å². The van der Waals surface area contributed by atoms with Crippen LogP contribution in [0.25, 0.3) is 0 Å². The van der Waals surface area contributed by atoms with Gasteiger partial charge in [-0.15, -0.1) is 0 Å². The van der Waals surface area contributed by atoms with Gasteiger partial charge in [-0.1, -0.05) is 11.6 Å². The molecular weight excluding hydrogens is 250 g/mol. The summed E-state index contributed by atoms with van der Waals surface area (Å²) >= 11 is 5.70. The van der Waals surface area contributed by atoms with Gasteiger partial charge >= 0.3 is 0 Å². The van der Waals surface area contributed by atoms with Crippen molar-refractivity contribution in [3.05, 3.63) is 58.9 Å². The van der Waals surface area contributed by atoms with E-state index in [1.807, 2.05) is 6.07 Å². The number of nitrogens with zero attached hydrogens (tertiary/aromatic N) is 2. The van der Waals surface area contributed by atoms with Crippen LogP contribution in [0.15, 0.2) is 42.6 Å². The van der Waals surface area contributed by atoms with Crippen molar-refractivity contribution in [2.75, 3.05) is 5.32 Å². The van der Waals surface area contributed by atoms with E-state index in [9.17, 15) is 4.79 Å². The van der Waals surface area contributed by atoms with Crippen LogP contribution >= 0.6 is 11.6 Å². The lowest BCUT2D eigenvalue weighted by Crippen LogP contribution is -2.11. The van der Waals surface area contributed by atoms with Crippen molar-refractivity contribution in [2.45, 2.75) is 0 Å². The normalized spacial score (nSPS) is 9.56. The molecule has 1 N–H and O–H groups in total. The van der Waals surface area contributed by atoms with Crippen LogP contribution in [-0.4, -0.2) is 10.9 Å². The van der Waals surface area contributed by atoms with Gasteiger partial charge in [-0.05, 0) is 36.4 Å². The fourth-order valence-electron chi connectivity index (χ4n) is 1.38. The Kier molecular flexibility index (Phi) is 3.56. The molecule has 1 aromatic carbocycles. The van der Waals surface area contributed by atoms with E-state index in [1.54, 1.807) is 30.3 Å². The summed E-state index contributed by atoms with van der Waals surface area (Å²) in [6.07, 6.45) is 1.47. The SMILES string of the molecule is N#Cc1ccc(NC(=O)c2ccnc(Cl)c2)cc1. The number of nitrogens with one attached hydrogen (secondary N) is 1. The first-order chi connectivity index (χ1) is 8.69. The van der Waals surface area contributed by atoms with Gasteiger partial charge in [-0.3, -0.25) is 4.79 Å². The lowest BCUT2D eigenvalue weighted by Gasteiger charge is -2.05. The average Bonchev–Trinajstić information content (AvgIpc) is 2.39. The molecule has 1 amide bonds. The van der Waals surface area contributed by atoms with Gasteiger partial charge in [0.05, 0.1) is 11.6 Å². The van der Waals surface area contributed by atoms with Crippen LogP contribution < -0.4 is 5.32 Å². The molecule has 0 aliphatic heterocycles. The zero-order chi connectivity index (χ0) is 13.0. The fourth-order valence-corrected chi connectivity index (χ4v) is 1.55. The molecular formula is C13H8ClN3O. The van der Waals surface area contributed by atoms with Crippen LogP contribution in [0.4, 0.5) is 5.69 Å². The van der Waals surface area contributed by atoms with Crippen molar-refractivity contribution >= 4 is 23.2 Å². The van der Waals surface area contributed by atoms with Crippen LogP contribution in [-0.2, 0) is 0 Å². The van der Waals surface area contributed by atoms with Crippen molar-refractivity contribution in [3.8, 4) is 6.07 Å². The van der Waals surface area contributed by atoms with Crippen LogP contribution in [0, 0.1) is 11.3 Å². The van der Waals surface area contributed by atoms with Crippen molar-refractivity contribution in [2.24, 2.45) is 0 Å². The molecule has 18 heavy (non-hydrogen) atoms. The molecule has 2 rings (SSSR count). The summed E-state index contributed by atoms with van der Waals surface area (Å²) in [5.74, 6) is -0.274. The molecule has 1 heterocycles. The Hall–Kier alpha value is -2.38. The Labute approximate surface area is 109 Å². The van der Waals surface area contributed by atoms with Gasteiger partial charge in [0.25, 0.3) is 5.91 Å². The minimum Gasteiger partial charge on any atom is -0.322 e. The van der Waals surface area contributed by atoms with E-state index in [2.05, 4.69) is 10.3 Å². The van der Waals surface area contributed by atoms with Crippen molar-refractivity contribution < 1.29 is 4.79 Å². The van der Waals surface area contributed by atoms with E-state index in [1.165, 1.54) is 12.3 Å². The number of amides is 1. The topological polar surface area (TPSA) is 65.8 Å². The van der Waals surface area contributed by atoms with E-state index >= 15 is 0 Å². The van der Waals surface area contributed by atoms with E-state index in [-0.39, 0.29) is 11.1 Å². The summed E-state index contributed by atoms with van der Waals surface area (Å²) in [5, 5.41) is 11.6. The second-order valence-electron chi connectivity index (χ2n) is 3.51. The number of anilines is 1. The fraction of sp³-hybridized carbons (Fsp3) is 0. The molecule has 0 spiro atoms. The lowest BCUT2D eigenvalue weighted by atomic mass is 10.2. The molecule has 0 fully saturated rings. The van der Waals surface area contributed by atoms with Crippen LogP contribution in [0.1, 0.15) is 15.9 Å². The summed E-state index contributed by atoms with van der Waals surface area (Å²) in [5.41, 5.74) is 1.59. The number of nitriles is 1. The highest BCUT2D eigenvalue weighted by atomic mass is 35.5. The predicted octanol–water partition coefficient (Wildman–Crippen LogP) is 2.86. The smallest absolute Gasteiger partial charge is 0.255 e. The van der Waals surface area contributed by atoms with E-state index in [0.29, 0.717) is 16.8 Å². The molecule has 0 saturated carbocycles. The van der Waals surface area contributed by atoms with E-state index < -0.39 is 0 Å². The molecule has 0 bridgehead atoms. The van der Waals surface area contributed by atoms with Gasteiger partial charge in [-0.25, -0.2) is 4.98 Å². The Morgan fingerprint density at radius 3 is 2.61 bits per heavy atom. The number of halogens is 1. The summed E-state index contributed by atoms with van der Waals surface area (Å²) < 4.78 is 0. The van der Waals surface area contributed by atoms with Crippen LogP contribution in [0.3, 0.4) is 0 Å². The van der Waals surface area contributed by atoms with Gasteiger partial charge in [-0.2, -0.15) is 5.26 Å². The molecule has 88 valence electrons. The van der Waals surface area contributed by atoms with Gasteiger partial charge in [0.2, 0.25) is 0 Å². The van der Waals surface area contributed by atoms with Crippen molar-refractivity contribution in [1.29, 1.82) is 5.26 Å².